The summed E-state index contributed by atoms with van der Waals surface area (Å²) < 4.78 is 42.6. The average Bonchev–Trinajstić information content (AvgIpc) is 2.88. The van der Waals surface area contributed by atoms with E-state index < -0.39 is 22.4 Å². The second kappa shape index (κ2) is 6.33. The van der Waals surface area contributed by atoms with Gasteiger partial charge in [-0.05, 0) is 29.9 Å². The van der Waals surface area contributed by atoms with Crippen LogP contribution in [0.4, 0.5) is 13.2 Å². The van der Waals surface area contributed by atoms with Gasteiger partial charge in [0.05, 0.1) is 5.41 Å². The summed E-state index contributed by atoms with van der Waals surface area (Å²) in [5.41, 5.74) is -0.374. The quantitative estimate of drug-likeness (QED) is 0.875. The van der Waals surface area contributed by atoms with Gasteiger partial charge >= 0.3 is 12.1 Å². The molecule has 0 atom stereocenters. The maximum Gasteiger partial charge on any atom is 0.425 e. The Morgan fingerprint density at radius 2 is 2.10 bits per heavy atom. The molecule has 1 aliphatic rings. The minimum atomic E-state index is -4.33. The lowest BCUT2D eigenvalue weighted by Gasteiger charge is -2.33. The van der Waals surface area contributed by atoms with Gasteiger partial charge in [-0.3, -0.25) is 4.79 Å². The molecule has 0 aromatic carbocycles. The summed E-state index contributed by atoms with van der Waals surface area (Å²) in [6, 6.07) is 1.09. The van der Waals surface area contributed by atoms with E-state index in [0.717, 1.165) is 6.07 Å². The maximum absolute atomic E-state index is 12.5. The van der Waals surface area contributed by atoms with Crippen LogP contribution in [0.3, 0.4) is 0 Å². The summed E-state index contributed by atoms with van der Waals surface area (Å²) in [5, 5.41) is 13.8. The molecule has 0 bridgehead atoms. The molecule has 21 heavy (non-hydrogen) atoms. The van der Waals surface area contributed by atoms with E-state index >= 15 is 0 Å². The molecule has 0 radical (unpaired) electrons. The Labute approximate surface area is 123 Å². The number of nitrogens with one attached hydrogen (secondary N) is 1. The van der Waals surface area contributed by atoms with Crippen molar-refractivity contribution in [3.05, 3.63) is 21.9 Å². The number of hydrogen-bond donors (Lipinski definition) is 2. The molecular weight excluding hydrogens is 307 g/mol. The van der Waals surface area contributed by atoms with E-state index in [0.29, 0.717) is 43.0 Å². The van der Waals surface area contributed by atoms with Crippen LogP contribution in [-0.2, 0) is 22.3 Å². The number of thiophene rings is 1. The molecule has 1 aromatic rings. The predicted molar refractivity (Wildman–Crippen MR) is 71.1 cm³/mol. The molecule has 1 fully saturated rings. The normalized spacial score (nSPS) is 18.6. The smallest absolute Gasteiger partial charge is 0.425 e. The highest BCUT2D eigenvalue weighted by Crippen LogP contribution is 2.34. The van der Waals surface area contributed by atoms with Crippen LogP contribution >= 0.6 is 11.3 Å². The van der Waals surface area contributed by atoms with E-state index in [1.54, 1.807) is 0 Å². The van der Waals surface area contributed by atoms with Crippen LogP contribution < -0.4 is 5.32 Å². The molecule has 0 spiro atoms. The fraction of sp³-hybridized carbons (Fsp3) is 0.615. The number of aliphatic carboxylic acids is 1. The van der Waals surface area contributed by atoms with E-state index in [1.165, 1.54) is 5.38 Å². The first kappa shape index (κ1) is 16.3. The van der Waals surface area contributed by atoms with Crippen molar-refractivity contribution in [2.24, 2.45) is 5.41 Å². The van der Waals surface area contributed by atoms with Crippen LogP contribution in [0.5, 0.6) is 0 Å². The number of halogens is 3. The Kier molecular flexibility index (Phi) is 4.90. The summed E-state index contributed by atoms with van der Waals surface area (Å²) in [6.45, 7) is 1.24. The zero-order chi connectivity index (χ0) is 15.5. The van der Waals surface area contributed by atoms with E-state index in [9.17, 15) is 23.1 Å². The van der Waals surface area contributed by atoms with Crippen LogP contribution in [0, 0.1) is 5.41 Å². The second-order valence-corrected chi connectivity index (χ2v) is 6.03. The molecule has 0 unspecified atom stereocenters. The van der Waals surface area contributed by atoms with Gasteiger partial charge in [0.1, 0.15) is 4.88 Å². The fourth-order valence-electron chi connectivity index (χ4n) is 2.29. The van der Waals surface area contributed by atoms with Gasteiger partial charge in [-0.25, -0.2) is 0 Å². The lowest BCUT2D eigenvalue weighted by atomic mass is 9.80. The standard InChI is InChI=1S/C13H16F3NO3S/c14-13(15,16)10-5-9(7-21-10)6-17-8-12(11(18)19)1-3-20-4-2-12/h5,7,17H,1-4,6,8H2,(H,18,19). The van der Waals surface area contributed by atoms with E-state index in [4.69, 9.17) is 4.74 Å². The van der Waals surface area contributed by atoms with Gasteiger partial charge in [0, 0.05) is 26.3 Å². The number of ether oxygens (including phenoxy) is 1. The first-order valence-corrected chi connectivity index (χ1v) is 7.38. The van der Waals surface area contributed by atoms with Gasteiger partial charge in [0.25, 0.3) is 0 Å². The van der Waals surface area contributed by atoms with Gasteiger partial charge in [-0.15, -0.1) is 11.3 Å². The fourth-order valence-corrected chi connectivity index (χ4v) is 3.07. The molecule has 1 saturated heterocycles. The predicted octanol–water partition coefficient (Wildman–Crippen LogP) is 2.74. The molecule has 8 heteroatoms. The minimum absolute atomic E-state index is 0.225. The SMILES string of the molecule is O=C(O)C1(CNCc2csc(C(F)(F)F)c2)CCOCC1. The van der Waals surface area contributed by atoms with Crippen molar-refractivity contribution in [2.45, 2.75) is 25.6 Å². The maximum atomic E-state index is 12.5. The monoisotopic (exact) mass is 323 g/mol. The Hall–Kier alpha value is -1.12. The zero-order valence-electron chi connectivity index (χ0n) is 11.2. The highest BCUT2D eigenvalue weighted by molar-refractivity contribution is 7.10. The molecule has 0 aliphatic carbocycles. The van der Waals surface area contributed by atoms with Crippen LogP contribution in [0.15, 0.2) is 11.4 Å². The highest BCUT2D eigenvalue weighted by atomic mass is 32.1. The minimum Gasteiger partial charge on any atom is -0.481 e. The molecule has 2 heterocycles. The Morgan fingerprint density at radius 1 is 1.43 bits per heavy atom. The van der Waals surface area contributed by atoms with Crippen molar-refractivity contribution in [1.82, 2.24) is 5.32 Å². The van der Waals surface area contributed by atoms with Gasteiger partial charge < -0.3 is 15.2 Å². The first-order valence-electron chi connectivity index (χ1n) is 6.50. The van der Waals surface area contributed by atoms with Gasteiger partial charge in [-0.2, -0.15) is 13.2 Å². The van der Waals surface area contributed by atoms with Crippen LogP contribution in [0.1, 0.15) is 23.3 Å². The Bertz CT molecular complexity index is 495. The van der Waals surface area contributed by atoms with Crippen molar-refractivity contribution in [2.75, 3.05) is 19.8 Å². The summed E-state index contributed by atoms with van der Waals surface area (Å²) >= 11 is 0.647. The van der Waals surface area contributed by atoms with Crippen molar-refractivity contribution < 1.29 is 27.8 Å². The molecule has 0 saturated carbocycles. The Morgan fingerprint density at radius 3 is 2.62 bits per heavy atom. The van der Waals surface area contributed by atoms with Crippen molar-refractivity contribution >= 4 is 17.3 Å². The van der Waals surface area contributed by atoms with Crippen LogP contribution in [-0.4, -0.2) is 30.8 Å². The molecule has 0 amide bonds. The molecule has 118 valence electrons. The lowest BCUT2D eigenvalue weighted by molar-refractivity contribution is -0.154. The number of alkyl halides is 3. The number of carboxylic acid groups (broad SMARTS) is 1. The number of rotatable bonds is 5. The second-order valence-electron chi connectivity index (χ2n) is 5.12. The van der Waals surface area contributed by atoms with Gasteiger partial charge in [0.15, 0.2) is 0 Å². The average molecular weight is 323 g/mol. The van der Waals surface area contributed by atoms with Crippen molar-refractivity contribution in [3.63, 3.8) is 0 Å². The van der Waals surface area contributed by atoms with E-state index in [2.05, 4.69) is 5.32 Å². The van der Waals surface area contributed by atoms with E-state index in [1.807, 2.05) is 0 Å². The number of hydrogen-bond acceptors (Lipinski definition) is 4. The lowest BCUT2D eigenvalue weighted by Crippen LogP contribution is -2.44. The summed E-state index contributed by atoms with van der Waals surface area (Å²) in [6.07, 6.45) is -3.51. The third-order valence-corrected chi connectivity index (χ3v) is 4.65. The molecule has 2 N–H and O–H groups in total. The van der Waals surface area contributed by atoms with Gasteiger partial charge in [-0.1, -0.05) is 0 Å². The summed E-state index contributed by atoms with van der Waals surface area (Å²) in [7, 11) is 0. The Balaban J connectivity index is 1.91. The highest BCUT2D eigenvalue weighted by Gasteiger charge is 2.39. The topological polar surface area (TPSA) is 58.6 Å². The number of carboxylic acids is 1. The van der Waals surface area contributed by atoms with Crippen LogP contribution in [0.2, 0.25) is 0 Å². The molecule has 1 aromatic heterocycles. The molecule has 2 rings (SSSR count). The largest absolute Gasteiger partial charge is 0.481 e. The molecular formula is C13H16F3NO3S. The third-order valence-electron chi connectivity index (χ3n) is 3.63. The van der Waals surface area contributed by atoms with Crippen LogP contribution in [0.25, 0.3) is 0 Å². The third kappa shape index (κ3) is 3.96. The molecule has 4 nitrogen and oxygen atoms in total. The number of carbonyl (C=O) groups is 1. The molecule has 1 aliphatic heterocycles. The summed E-state index contributed by atoms with van der Waals surface area (Å²) in [4.78, 5) is 10.8. The first-order chi connectivity index (χ1) is 9.83. The van der Waals surface area contributed by atoms with Crippen molar-refractivity contribution in [3.8, 4) is 0 Å². The summed E-state index contributed by atoms with van der Waals surface area (Å²) in [5.74, 6) is -0.889. The van der Waals surface area contributed by atoms with Gasteiger partial charge in [0.2, 0.25) is 0 Å². The zero-order valence-corrected chi connectivity index (χ0v) is 12.0. The van der Waals surface area contributed by atoms with Crippen molar-refractivity contribution in [1.29, 1.82) is 0 Å². The van der Waals surface area contributed by atoms with E-state index in [-0.39, 0.29) is 13.1 Å².